The number of anilines is 1. The lowest BCUT2D eigenvalue weighted by Gasteiger charge is -2.34. The summed E-state index contributed by atoms with van der Waals surface area (Å²) in [5.74, 6) is 0. The van der Waals surface area contributed by atoms with Crippen LogP contribution in [-0.2, 0) is 6.42 Å². The molecular formula is C20H24ClN3O. The number of rotatable bonds is 5. The van der Waals surface area contributed by atoms with Crippen LogP contribution < -0.4 is 5.32 Å². The van der Waals surface area contributed by atoms with E-state index < -0.39 is 0 Å². The predicted octanol–water partition coefficient (Wildman–Crippen LogP) is 4.12. The Kier molecular flexibility index (Phi) is 6.31. The second-order valence-corrected chi connectivity index (χ2v) is 6.79. The Hall–Kier alpha value is -2.04. The molecule has 1 saturated heterocycles. The molecule has 0 saturated carbocycles. The number of carbonyl (C=O) groups is 1. The highest BCUT2D eigenvalue weighted by molar-refractivity contribution is 6.30. The molecule has 2 aromatic carbocycles. The van der Waals surface area contributed by atoms with Crippen LogP contribution in [0.1, 0.15) is 12.0 Å². The number of aryl methyl sites for hydroxylation is 1. The maximum absolute atomic E-state index is 12.3. The van der Waals surface area contributed by atoms with Crippen molar-refractivity contribution in [3.8, 4) is 0 Å². The molecule has 25 heavy (non-hydrogen) atoms. The summed E-state index contributed by atoms with van der Waals surface area (Å²) in [5, 5.41) is 3.54. The van der Waals surface area contributed by atoms with Gasteiger partial charge in [-0.2, -0.15) is 0 Å². The van der Waals surface area contributed by atoms with Gasteiger partial charge in [0.15, 0.2) is 0 Å². The van der Waals surface area contributed by atoms with E-state index in [0.29, 0.717) is 5.02 Å². The highest BCUT2D eigenvalue weighted by atomic mass is 35.5. The quantitative estimate of drug-likeness (QED) is 0.873. The summed E-state index contributed by atoms with van der Waals surface area (Å²) >= 11 is 5.95. The van der Waals surface area contributed by atoms with Crippen LogP contribution in [0.3, 0.4) is 0 Å². The maximum atomic E-state index is 12.3. The fourth-order valence-electron chi connectivity index (χ4n) is 3.09. The molecule has 1 fully saturated rings. The first-order valence-corrected chi connectivity index (χ1v) is 9.16. The molecule has 0 atom stereocenters. The predicted molar refractivity (Wildman–Crippen MR) is 103 cm³/mol. The van der Waals surface area contributed by atoms with E-state index in [9.17, 15) is 4.79 Å². The molecule has 1 heterocycles. The van der Waals surface area contributed by atoms with Crippen molar-refractivity contribution in [3.05, 3.63) is 65.2 Å². The van der Waals surface area contributed by atoms with Gasteiger partial charge in [-0.1, -0.05) is 48.0 Å². The number of carbonyl (C=O) groups excluding carboxylic acids is 1. The lowest BCUT2D eigenvalue weighted by Crippen LogP contribution is -2.50. The van der Waals surface area contributed by atoms with Crippen molar-refractivity contribution >= 4 is 23.3 Å². The number of nitrogens with zero attached hydrogens (tertiary/aromatic N) is 2. The van der Waals surface area contributed by atoms with Crippen molar-refractivity contribution in [3.63, 3.8) is 0 Å². The first-order valence-electron chi connectivity index (χ1n) is 8.78. The first kappa shape index (κ1) is 17.8. The van der Waals surface area contributed by atoms with Gasteiger partial charge in [0, 0.05) is 36.9 Å². The monoisotopic (exact) mass is 357 g/mol. The van der Waals surface area contributed by atoms with Gasteiger partial charge in [0.1, 0.15) is 0 Å². The van der Waals surface area contributed by atoms with Gasteiger partial charge in [0.05, 0.1) is 0 Å². The third kappa shape index (κ3) is 5.48. The van der Waals surface area contributed by atoms with E-state index in [4.69, 9.17) is 11.6 Å². The van der Waals surface area contributed by atoms with Gasteiger partial charge >= 0.3 is 6.03 Å². The number of hydrogen-bond donors (Lipinski definition) is 1. The average molecular weight is 358 g/mol. The summed E-state index contributed by atoms with van der Waals surface area (Å²) in [6.07, 6.45) is 2.26. The Labute approximate surface area is 154 Å². The van der Waals surface area contributed by atoms with Crippen LogP contribution in [0, 0.1) is 0 Å². The molecule has 132 valence electrons. The van der Waals surface area contributed by atoms with E-state index in [2.05, 4.69) is 40.5 Å². The molecule has 3 rings (SSSR count). The van der Waals surface area contributed by atoms with Gasteiger partial charge in [0.25, 0.3) is 0 Å². The lowest BCUT2D eigenvalue weighted by atomic mass is 10.1. The standard InChI is InChI=1S/C20H24ClN3O/c21-18-9-4-10-19(16-18)22-20(25)24-14-12-23(13-15-24)11-5-8-17-6-2-1-3-7-17/h1-4,6-7,9-10,16H,5,8,11-15H2,(H,22,25). The van der Waals surface area contributed by atoms with E-state index in [0.717, 1.165) is 51.3 Å². The van der Waals surface area contributed by atoms with Gasteiger partial charge < -0.3 is 10.2 Å². The molecule has 0 spiro atoms. The third-order valence-corrected chi connectivity index (χ3v) is 4.75. The van der Waals surface area contributed by atoms with Gasteiger partial charge in [-0.05, 0) is 43.1 Å². The van der Waals surface area contributed by atoms with Crippen molar-refractivity contribution in [2.45, 2.75) is 12.8 Å². The van der Waals surface area contributed by atoms with E-state index >= 15 is 0 Å². The SMILES string of the molecule is O=C(Nc1cccc(Cl)c1)N1CCN(CCCc2ccccc2)CC1. The summed E-state index contributed by atoms with van der Waals surface area (Å²) in [6.45, 7) is 4.46. The molecule has 4 nitrogen and oxygen atoms in total. The fourth-order valence-corrected chi connectivity index (χ4v) is 3.29. The van der Waals surface area contributed by atoms with E-state index in [-0.39, 0.29) is 6.03 Å². The third-order valence-electron chi connectivity index (χ3n) is 4.52. The average Bonchev–Trinajstić information content (AvgIpc) is 2.63. The second-order valence-electron chi connectivity index (χ2n) is 6.36. The second kappa shape index (κ2) is 8.88. The number of nitrogens with one attached hydrogen (secondary N) is 1. The highest BCUT2D eigenvalue weighted by Crippen LogP contribution is 2.16. The molecule has 5 heteroatoms. The lowest BCUT2D eigenvalue weighted by molar-refractivity contribution is 0.146. The number of piperazine rings is 1. The van der Waals surface area contributed by atoms with E-state index in [1.54, 1.807) is 12.1 Å². The van der Waals surface area contributed by atoms with Crippen molar-refractivity contribution in [2.75, 3.05) is 38.0 Å². The Morgan fingerprint density at radius 3 is 2.48 bits per heavy atom. The molecule has 0 unspecified atom stereocenters. The maximum Gasteiger partial charge on any atom is 0.321 e. The largest absolute Gasteiger partial charge is 0.322 e. The number of urea groups is 1. The summed E-state index contributed by atoms with van der Waals surface area (Å²) < 4.78 is 0. The van der Waals surface area contributed by atoms with E-state index in [1.807, 2.05) is 17.0 Å². The molecule has 0 bridgehead atoms. The Bertz CT molecular complexity index is 684. The molecule has 1 N–H and O–H groups in total. The Morgan fingerprint density at radius 1 is 1.00 bits per heavy atom. The minimum atomic E-state index is -0.0498. The first-order chi connectivity index (χ1) is 12.2. The zero-order valence-corrected chi connectivity index (χ0v) is 15.1. The molecule has 1 aliphatic rings. The molecule has 1 aliphatic heterocycles. The highest BCUT2D eigenvalue weighted by Gasteiger charge is 2.20. The summed E-state index contributed by atoms with van der Waals surface area (Å²) in [4.78, 5) is 16.6. The van der Waals surface area contributed by atoms with Crippen LogP contribution in [0.5, 0.6) is 0 Å². The number of halogens is 1. The molecule has 2 aromatic rings. The van der Waals surface area contributed by atoms with Crippen LogP contribution in [0.4, 0.5) is 10.5 Å². The van der Waals surface area contributed by atoms with Crippen LogP contribution in [0.15, 0.2) is 54.6 Å². The zero-order valence-electron chi connectivity index (χ0n) is 14.3. The van der Waals surface area contributed by atoms with Crippen LogP contribution in [0.2, 0.25) is 5.02 Å². The Morgan fingerprint density at radius 2 is 1.76 bits per heavy atom. The molecule has 0 aromatic heterocycles. The Balaban J connectivity index is 1.38. The smallest absolute Gasteiger partial charge is 0.321 e. The summed E-state index contributed by atoms with van der Waals surface area (Å²) in [7, 11) is 0. The zero-order chi connectivity index (χ0) is 17.5. The summed E-state index contributed by atoms with van der Waals surface area (Å²) in [6, 6.07) is 17.8. The molecule has 0 aliphatic carbocycles. The number of amides is 2. The van der Waals surface area contributed by atoms with Gasteiger partial charge in [-0.25, -0.2) is 4.79 Å². The molecule has 0 radical (unpaired) electrons. The van der Waals surface area contributed by atoms with Crippen molar-refractivity contribution in [2.24, 2.45) is 0 Å². The molecular weight excluding hydrogens is 334 g/mol. The normalized spacial score (nSPS) is 15.2. The van der Waals surface area contributed by atoms with Crippen LogP contribution >= 0.6 is 11.6 Å². The summed E-state index contributed by atoms with van der Waals surface area (Å²) in [5.41, 5.74) is 2.13. The number of benzene rings is 2. The van der Waals surface area contributed by atoms with Gasteiger partial charge in [-0.15, -0.1) is 0 Å². The topological polar surface area (TPSA) is 35.6 Å². The van der Waals surface area contributed by atoms with Crippen molar-refractivity contribution in [1.29, 1.82) is 0 Å². The van der Waals surface area contributed by atoms with E-state index in [1.165, 1.54) is 5.56 Å². The van der Waals surface area contributed by atoms with Gasteiger partial charge in [0.2, 0.25) is 0 Å². The fraction of sp³-hybridized carbons (Fsp3) is 0.350. The van der Waals surface area contributed by atoms with Crippen LogP contribution in [0.25, 0.3) is 0 Å². The minimum Gasteiger partial charge on any atom is -0.322 e. The van der Waals surface area contributed by atoms with Crippen molar-refractivity contribution in [1.82, 2.24) is 9.80 Å². The molecule has 2 amide bonds. The van der Waals surface area contributed by atoms with Crippen molar-refractivity contribution < 1.29 is 4.79 Å². The number of hydrogen-bond acceptors (Lipinski definition) is 2. The minimum absolute atomic E-state index is 0.0498. The van der Waals surface area contributed by atoms with Crippen LogP contribution in [-0.4, -0.2) is 48.6 Å². The van der Waals surface area contributed by atoms with Gasteiger partial charge in [-0.3, -0.25) is 4.90 Å².